The molecule has 122 valence electrons. The first kappa shape index (κ1) is 15.8. The fourth-order valence-corrected chi connectivity index (χ4v) is 3.27. The van der Waals surface area contributed by atoms with E-state index in [1.165, 1.54) is 21.9 Å². The van der Waals surface area contributed by atoms with E-state index in [0.717, 1.165) is 31.9 Å². The number of nitrogens with zero attached hydrogens (tertiary/aromatic N) is 2. The van der Waals surface area contributed by atoms with Gasteiger partial charge in [0.1, 0.15) is 5.75 Å². The molecule has 6 nitrogen and oxygen atoms in total. The lowest BCUT2D eigenvalue weighted by Gasteiger charge is -2.33. The molecule has 7 heteroatoms. The minimum absolute atomic E-state index is 0.0350. The maximum Gasteiger partial charge on any atom is 0.281 e. The number of carbonyl (C=O) groups excluding carboxylic acids is 1. The van der Waals surface area contributed by atoms with Gasteiger partial charge in [-0.2, -0.15) is 0 Å². The first-order valence-electron chi connectivity index (χ1n) is 7.66. The summed E-state index contributed by atoms with van der Waals surface area (Å²) < 4.78 is 5.19. The van der Waals surface area contributed by atoms with E-state index in [1.807, 2.05) is 17.5 Å². The van der Waals surface area contributed by atoms with Crippen LogP contribution in [0.1, 0.15) is 0 Å². The van der Waals surface area contributed by atoms with Gasteiger partial charge in [0.15, 0.2) is 11.7 Å². The molecule has 1 aliphatic heterocycles. The highest BCUT2D eigenvalue weighted by Crippen LogP contribution is 2.18. The molecule has 1 aromatic carbocycles. The number of methoxy groups -OCH3 is 1. The third-order valence-electron chi connectivity index (χ3n) is 4.00. The smallest absolute Gasteiger partial charge is 0.281 e. The predicted octanol–water partition coefficient (Wildman–Crippen LogP) is 0.495. The highest BCUT2D eigenvalue weighted by Gasteiger charge is 2.22. The number of amides is 1. The average molecular weight is 333 g/mol. The fraction of sp³-hybridized carbons (Fsp3) is 0.375. The van der Waals surface area contributed by atoms with Crippen molar-refractivity contribution in [3.8, 4) is 5.75 Å². The summed E-state index contributed by atoms with van der Waals surface area (Å²) in [6, 6.07) is 8.13. The van der Waals surface area contributed by atoms with Crippen molar-refractivity contribution in [3.63, 3.8) is 0 Å². The molecule has 0 radical (unpaired) electrons. The number of carbonyl (C=O) groups is 1. The van der Waals surface area contributed by atoms with E-state index in [4.69, 9.17) is 4.74 Å². The Hall–Kier alpha value is -2.12. The lowest BCUT2D eigenvalue weighted by molar-refractivity contribution is -0.892. The first-order valence-corrected chi connectivity index (χ1v) is 8.54. The lowest BCUT2D eigenvalue weighted by Crippen LogP contribution is -3.15. The summed E-state index contributed by atoms with van der Waals surface area (Å²) in [4.78, 5) is 19.7. The van der Waals surface area contributed by atoms with Crippen LogP contribution in [-0.2, 0) is 4.79 Å². The summed E-state index contributed by atoms with van der Waals surface area (Å²) in [6.45, 7) is 4.31. The third kappa shape index (κ3) is 4.20. The molecule has 1 aliphatic rings. The molecule has 1 saturated heterocycles. The zero-order valence-electron chi connectivity index (χ0n) is 13.1. The number of anilines is 2. The lowest BCUT2D eigenvalue weighted by atomic mass is 10.2. The molecule has 0 unspecified atom stereocenters. The van der Waals surface area contributed by atoms with Gasteiger partial charge in [-0.05, 0) is 24.3 Å². The van der Waals surface area contributed by atoms with Crippen molar-refractivity contribution in [2.24, 2.45) is 0 Å². The van der Waals surface area contributed by atoms with E-state index in [-0.39, 0.29) is 5.91 Å². The molecular weight excluding hydrogens is 312 g/mol. The van der Waals surface area contributed by atoms with Crippen LogP contribution in [0, 0.1) is 0 Å². The fourth-order valence-electron chi connectivity index (χ4n) is 2.73. The zero-order valence-corrected chi connectivity index (χ0v) is 13.9. The zero-order chi connectivity index (χ0) is 16.1. The molecule has 0 spiro atoms. The maximum absolute atomic E-state index is 12.0. The van der Waals surface area contributed by atoms with E-state index < -0.39 is 0 Å². The van der Waals surface area contributed by atoms with Crippen molar-refractivity contribution in [1.82, 2.24) is 4.98 Å². The maximum atomic E-state index is 12.0. The molecule has 1 fully saturated rings. The Labute approximate surface area is 139 Å². The van der Waals surface area contributed by atoms with Gasteiger partial charge in [-0.1, -0.05) is 0 Å². The van der Waals surface area contributed by atoms with Crippen LogP contribution in [0.5, 0.6) is 5.75 Å². The number of ether oxygens (including phenoxy) is 1. The Balaban J connectivity index is 1.47. The largest absolute Gasteiger partial charge is 0.497 e. The molecule has 2 N–H and O–H groups in total. The van der Waals surface area contributed by atoms with Crippen molar-refractivity contribution in [3.05, 3.63) is 35.8 Å². The molecule has 23 heavy (non-hydrogen) atoms. The monoisotopic (exact) mass is 333 g/mol. The molecule has 0 bridgehead atoms. The van der Waals surface area contributed by atoms with Gasteiger partial charge < -0.3 is 14.5 Å². The van der Waals surface area contributed by atoms with Gasteiger partial charge in [0.25, 0.3) is 5.91 Å². The van der Waals surface area contributed by atoms with Crippen molar-refractivity contribution >= 4 is 28.1 Å². The Morgan fingerprint density at radius 2 is 2.09 bits per heavy atom. The Bertz CT molecular complexity index is 622. The van der Waals surface area contributed by atoms with Gasteiger partial charge in [0.05, 0.1) is 33.3 Å². The summed E-state index contributed by atoms with van der Waals surface area (Å²) in [5.41, 5.74) is 1.21. The van der Waals surface area contributed by atoms with Crippen molar-refractivity contribution in [2.75, 3.05) is 50.1 Å². The van der Waals surface area contributed by atoms with Gasteiger partial charge in [0, 0.05) is 17.3 Å². The average Bonchev–Trinajstić information content (AvgIpc) is 3.08. The van der Waals surface area contributed by atoms with Crippen molar-refractivity contribution in [2.45, 2.75) is 0 Å². The highest BCUT2D eigenvalue weighted by atomic mass is 32.1. The summed E-state index contributed by atoms with van der Waals surface area (Å²) in [6.07, 6.45) is 1.70. The second-order valence-electron chi connectivity index (χ2n) is 5.50. The van der Waals surface area contributed by atoms with E-state index in [2.05, 4.69) is 27.3 Å². The summed E-state index contributed by atoms with van der Waals surface area (Å²) in [7, 11) is 1.67. The predicted molar refractivity (Wildman–Crippen MR) is 91.5 cm³/mol. The molecule has 0 saturated carbocycles. The number of quaternary nitrogens is 1. The van der Waals surface area contributed by atoms with Crippen LogP contribution in [0.15, 0.2) is 35.8 Å². The van der Waals surface area contributed by atoms with Gasteiger partial charge in [-0.25, -0.2) is 4.98 Å². The van der Waals surface area contributed by atoms with Crippen LogP contribution in [0.25, 0.3) is 0 Å². The summed E-state index contributed by atoms with van der Waals surface area (Å²) in [5, 5.41) is 5.37. The number of rotatable bonds is 5. The Kier molecular flexibility index (Phi) is 5.09. The molecule has 2 aromatic rings. The number of benzene rings is 1. The van der Waals surface area contributed by atoms with Gasteiger partial charge in [-0.15, -0.1) is 11.3 Å². The second kappa shape index (κ2) is 7.43. The standard InChI is InChI=1S/C16H20N4O2S/c1-22-14-4-2-13(3-5-14)20-9-7-19(8-10-20)12-15(21)18-16-17-6-11-23-16/h2-6,11H,7-10,12H2,1H3,(H,17,18,21)/p+1. The molecule has 2 heterocycles. The molecular formula is C16H21N4O2S+. The topological polar surface area (TPSA) is 58.9 Å². The number of hydrogen-bond acceptors (Lipinski definition) is 5. The minimum atomic E-state index is 0.0350. The molecule has 0 atom stereocenters. The number of hydrogen-bond donors (Lipinski definition) is 2. The summed E-state index contributed by atoms with van der Waals surface area (Å²) >= 11 is 1.44. The van der Waals surface area contributed by atoms with Crippen LogP contribution >= 0.6 is 11.3 Å². The number of piperazine rings is 1. The Morgan fingerprint density at radius 1 is 1.35 bits per heavy atom. The van der Waals surface area contributed by atoms with Crippen LogP contribution in [-0.4, -0.2) is 50.7 Å². The van der Waals surface area contributed by atoms with Crippen molar-refractivity contribution < 1.29 is 14.4 Å². The van der Waals surface area contributed by atoms with Gasteiger partial charge in [0.2, 0.25) is 0 Å². The van der Waals surface area contributed by atoms with Crippen LogP contribution in [0.2, 0.25) is 0 Å². The van der Waals surface area contributed by atoms with Gasteiger partial charge in [-0.3, -0.25) is 10.1 Å². The van der Waals surface area contributed by atoms with E-state index in [1.54, 1.807) is 13.3 Å². The quantitative estimate of drug-likeness (QED) is 0.836. The minimum Gasteiger partial charge on any atom is -0.497 e. The van der Waals surface area contributed by atoms with E-state index in [9.17, 15) is 4.79 Å². The second-order valence-corrected chi connectivity index (χ2v) is 6.39. The van der Waals surface area contributed by atoms with Crippen molar-refractivity contribution in [1.29, 1.82) is 0 Å². The molecule has 0 aliphatic carbocycles. The van der Waals surface area contributed by atoms with Gasteiger partial charge >= 0.3 is 0 Å². The SMILES string of the molecule is COc1ccc(N2CC[NH+](CC(=O)Nc3nccs3)CC2)cc1. The van der Waals surface area contributed by atoms with E-state index in [0.29, 0.717) is 11.7 Å². The number of thiazole rings is 1. The molecule has 3 rings (SSSR count). The highest BCUT2D eigenvalue weighted by molar-refractivity contribution is 7.13. The van der Waals surface area contributed by atoms with Crippen LogP contribution in [0.3, 0.4) is 0 Å². The van der Waals surface area contributed by atoms with E-state index >= 15 is 0 Å². The summed E-state index contributed by atoms with van der Waals surface area (Å²) in [5.74, 6) is 0.907. The normalized spacial score (nSPS) is 15.4. The number of nitrogens with one attached hydrogen (secondary N) is 2. The molecule has 1 aromatic heterocycles. The number of aromatic nitrogens is 1. The third-order valence-corrected chi connectivity index (χ3v) is 4.69. The van der Waals surface area contributed by atoms with Crippen LogP contribution < -0.4 is 19.9 Å². The van der Waals surface area contributed by atoms with Crippen LogP contribution in [0.4, 0.5) is 10.8 Å². The Morgan fingerprint density at radius 3 is 2.70 bits per heavy atom. The molecule has 1 amide bonds. The first-order chi connectivity index (χ1) is 11.2.